The molecule has 1 fully saturated rings. The maximum absolute atomic E-state index is 11.5. The first-order chi connectivity index (χ1) is 8.58. The molecule has 1 aliphatic heterocycles. The molecule has 1 aliphatic carbocycles. The van der Waals surface area contributed by atoms with Crippen LogP contribution in [0.4, 0.5) is 0 Å². The van der Waals surface area contributed by atoms with Gasteiger partial charge in [-0.25, -0.2) is 0 Å². The minimum atomic E-state index is -0.669. The molecular formula is C15H23NO2. The van der Waals surface area contributed by atoms with Gasteiger partial charge in [-0.2, -0.15) is 0 Å². The van der Waals surface area contributed by atoms with Crippen LogP contribution >= 0.6 is 0 Å². The third-order valence-corrected chi connectivity index (χ3v) is 4.40. The number of rotatable bonds is 3. The quantitative estimate of drug-likeness (QED) is 0.836. The summed E-state index contributed by atoms with van der Waals surface area (Å²) in [5.41, 5.74) is -0.113. The normalized spacial score (nSPS) is 32.9. The van der Waals surface area contributed by atoms with E-state index in [-0.39, 0.29) is 11.6 Å². The zero-order chi connectivity index (χ0) is 13.2. The lowest BCUT2D eigenvalue weighted by atomic mass is 9.77. The maximum atomic E-state index is 11.5. The van der Waals surface area contributed by atoms with E-state index in [0.29, 0.717) is 5.92 Å². The number of carboxylic acids is 1. The fourth-order valence-electron chi connectivity index (χ4n) is 3.29. The van der Waals surface area contributed by atoms with Gasteiger partial charge in [-0.15, -0.1) is 0 Å². The molecule has 0 aromatic rings. The Kier molecular flexibility index (Phi) is 3.91. The van der Waals surface area contributed by atoms with Crippen molar-refractivity contribution in [2.45, 2.75) is 51.1 Å². The number of aliphatic carboxylic acids is 1. The highest BCUT2D eigenvalue weighted by Gasteiger charge is 2.44. The van der Waals surface area contributed by atoms with Gasteiger partial charge in [0.25, 0.3) is 0 Å². The molecule has 2 rings (SSSR count). The number of hydrogen-bond donors (Lipinski definition) is 1. The Hall–Kier alpha value is -1.09. The van der Waals surface area contributed by atoms with Crippen molar-refractivity contribution < 1.29 is 9.90 Å². The first kappa shape index (κ1) is 13.3. The van der Waals surface area contributed by atoms with Crippen molar-refractivity contribution >= 4 is 5.97 Å². The van der Waals surface area contributed by atoms with Crippen molar-refractivity contribution in [1.29, 1.82) is 0 Å². The number of hydrogen-bond acceptors (Lipinski definition) is 2. The predicted molar refractivity (Wildman–Crippen MR) is 72.4 cm³/mol. The van der Waals surface area contributed by atoms with Crippen molar-refractivity contribution in [3.63, 3.8) is 0 Å². The molecule has 0 aromatic heterocycles. The molecule has 1 unspecified atom stereocenters. The van der Waals surface area contributed by atoms with Crippen LogP contribution in [0.1, 0.15) is 39.5 Å². The van der Waals surface area contributed by atoms with Gasteiger partial charge in [0.2, 0.25) is 0 Å². The van der Waals surface area contributed by atoms with E-state index in [9.17, 15) is 9.90 Å². The number of allylic oxidation sites excluding steroid dienone is 2. The van der Waals surface area contributed by atoms with Gasteiger partial charge in [-0.3, -0.25) is 9.69 Å². The maximum Gasteiger partial charge on any atom is 0.320 e. The van der Waals surface area contributed by atoms with Crippen LogP contribution in [-0.2, 0) is 4.79 Å². The van der Waals surface area contributed by atoms with Crippen LogP contribution in [0.15, 0.2) is 24.3 Å². The van der Waals surface area contributed by atoms with Gasteiger partial charge in [-0.1, -0.05) is 44.6 Å². The van der Waals surface area contributed by atoms with E-state index in [1.165, 1.54) is 0 Å². The number of carbonyl (C=O) groups is 1. The van der Waals surface area contributed by atoms with Gasteiger partial charge >= 0.3 is 5.97 Å². The highest BCUT2D eigenvalue weighted by atomic mass is 16.4. The lowest BCUT2D eigenvalue weighted by molar-refractivity contribution is -0.148. The fourth-order valence-corrected chi connectivity index (χ4v) is 3.29. The smallest absolute Gasteiger partial charge is 0.320 e. The second kappa shape index (κ2) is 5.27. The van der Waals surface area contributed by atoms with Gasteiger partial charge in [-0.05, 0) is 31.7 Å². The van der Waals surface area contributed by atoms with E-state index in [1.807, 2.05) is 0 Å². The van der Waals surface area contributed by atoms with Crippen LogP contribution in [0.25, 0.3) is 0 Å². The molecule has 1 N–H and O–H groups in total. The number of nitrogens with zero attached hydrogens (tertiary/aromatic N) is 1. The number of carboxylic acid groups (broad SMARTS) is 1. The summed E-state index contributed by atoms with van der Waals surface area (Å²) >= 11 is 0. The van der Waals surface area contributed by atoms with Gasteiger partial charge in [0.05, 0.1) is 0 Å². The lowest BCUT2D eigenvalue weighted by Gasteiger charge is -2.50. The Morgan fingerprint density at radius 3 is 2.72 bits per heavy atom. The third-order valence-electron chi connectivity index (χ3n) is 4.40. The summed E-state index contributed by atoms with van der Waals surface area (Å²) in [5, 5.41) is 9.45. The summed E-state index contributed by atoms with van der Waals surface area (Å²) in [6, 6.07) is -0.322. The van der Waals surface area contributed by atoms with Crippen LogP contribution in [0.5, 0.6) is 0 Å². The van der Waals surface area contributed by atoms with Crippen molar-refractivity contribution in [2.24, 2.45) is 5.92 Å². The summed E-state index contributed by atoms with van der Waals surface area (Å²) in [7, 11) is 0. The fraction of sp³-hybridized carbons (Fsp3) is 0.667. The number of piperidine rings is 1. The molecule has 18 heavy (non-hydrogen) atoms. The standard InChI is InChI=1S/C15H23NO2/c1-12(2)15(9-5-3-6-10-15)16-11-7-4-8-13(16)14(17)18/h3,5-6,9,12-13H,4,7-8,10-11H2,1-2H3,(H,17,18)/t13-,15?/m1/s1. The molecule has 0 spiro atoms. The second-order valence-corrected chi connectivity index (χ2v) is 5.68. The summed E-state index contributed by atoms with van der Waals surface area (Å²) in [5.74, 6) is -0.253. The largest absolute Gasteiger partial charge is 0.480 e. The molecule has 2 atom stereocenters. The molecule has 0 saturated carbocycles. The van der Waals surface area contributed by atoms with Crippen molar-refractivity contribution in [3.8, 4) is 0 Å². The molecule has 0 amide bonds. The summed E-state index contributed by atoms with van der Waals surface area (Å²) in [4.78, 5) is 13.7. The molecule has 100 valence electrons. The van der Waals surface area contributed by atoms with E-state index in [0.717, 1.165) is 32.2 Å². The van der Waals surface area contributed by atoms with E-state index < -0.39 is 5.97 Å². The summed E-state index contributed by atoms with van der Waals surface area (Å²) in [6.07, 6.45) is 12.3. The monoisotopic (exact) mass is 249 g/mol. The zero-order valence-corrected chi connectivity index (χ0v) is 11.3. The molecule has 0 bridgehead atoms. The molecule has 3 heteroatoms. The third kappa shape index (κ3) is 2.24. The highest BCUT2D eigenvalue weighted by molar-refractivity contribution is 5.73. The van der Waals surface area contributed by atoms with Gasteiger partial charge in [0.1, 0.15) is 6.04 Å². The molecule has 0 radical (unpaired) electrons. The Labute approximate surface area is 109 Å². The van der Waals surface area contributed by atoms with Gasteiger partial charge in [0, 0.05) is 5.54 Å². The SMILES string of the molecule is CC(C)C1(N2CCCC[C@@H]2C(=O)O)C=CC=CC1. The van der Waals surface area contributed by atoms with Gasteiger partial charge < -0.3 is 5.11 Å². The molecular weight excluding hydrogens is 226 g/mol. The minimum Gasteiger partial charge on any atom is -0.480 e. The van der Waals surface area contributed by atoms with Crippen LogP contribution in [0.3, 0.4) is 0 Å². The molecule has 1 heterocycles. The van der Waals surface area contributed by atoms with Gasteiger partial charge in [0.15, 0.2) is 0 Å². The first-order valence-electron chi connectivity index (χ1n) is 6.92. The molecule has 2 aliphatic rings. The van der Waals surface area contributed by atoms with Crippen molar-refractivity contribution in [1.82, 2.24) is 4.90 Å². The predicted octanol–water partition coefficient (Wildman–Crippen LogP) is 2.84. The highest BCUT2D eigenvalue weighted by Crippen LogP contribution is 2.37. The zero-order valence-electron chi connectivity index (χ0n) is 11.3. The second-order valence-electron chi connectivity index (χ2n) is 5.68. The number of likely N-dealkylation sites (tertiary alicyclic amines) is 1. The molecule has 0 aromatic carbocycles. The topological polar surface area (TPSA) is 40.5 Å². The van der Waals surface area contributed by atoms with E-state index >= 15 is 0 Å². The minimum absolute atomic E-state index is 0.113. The van der Waals surface area contributed by atoms with E-state index in [1.54, 1.807) is 0 Å². The van der Waals surface area contributed by atoms with Crippen LogP contribution in [-0.4, -0.2) is 34.1 Å². The van der Waals surface area contributed by atoms with Crippen LogP contribution in [0.2, 0.25) is 0 Å². The Balaban J connectivity index is 2.32. The Morgan fingerprint density at radius 1 is 1.39 bits per heavy atom. The van der Waals surface area contributed by atoms with Crippen molar-refractivity contribution in [3.05, 3.63) is 24.3 Å². The molecule has 3 nitrogen and oxygen atoms in total. The Morgan fingerprint density at radius 2 is 2.17 bits per heavy atom. The van der Waals surface area contributed by atoms with E-state index in [4.69, 9.17) is 0 Å². The van der Waals surface area contributed by atoms with Crippen molar-refractivity contribution in [2.75, 3.05) is 6.54 Å². The average molecular weight is 249 g/mol. The van der Waals surface area contributed by atoms with Crippen LogP contribution < -0.4 is 0 Å². The average Bonchev–Trinajstić information content (AvgIpc) is 2.39. The Bertz CT molecular complexity index is 373. The first-order valence-corrected chi connectivity index (χ1v) is 6.92. The molecule has 1 saturated heterocycles. The van der Waals surface area contributed by atoms with Crippen LogP contribution in [0, 0.1) is 5.92 Å². The summed E-state index contributed by atoms with van der Waals surface area (Å²) < 4.78 is 0. The summed E-state index contributed by atoms with van der Waals surface area (Å²) in [6.45, 7) is 5.28. The lowest BCUT2D eigenvalue weighted by Crippen LogP contribution is -2.59. The van der Waals surface area contributed by atoms with E-state index in [2.05, 4.69) is 43.1 Å².